The van der Waals surface area contributed by atoms with Gasteiger partial charge in [0.25, 0.3) is 5.91 Å². The smallest absolute Gasteiger partial charge is 0.404 e. The van der Waals surface area contributed by atoms with Gasteiger partial charge in [0.05, 0.1) is 5.33 Å². The molecule has 6 nitrogen and oxygen atoms in total. The Bertz CT molecular complexity index is 219. The van der Waals surface area contributed by atoms with Gasteiger partial charge in [-0.25, -0.2) is 4.79 Å². The van der Waals surface area contributed by atoms with Crippen LogP contribution in [0.15, 0.2) is 0 Å². The molecular weight excluding hydrogens is 244 g/mol. The summed E-state index contributed by atoms with van der Waals surface area (Å²) in [4.78, 5) is 31.3. The van der Waals surface area contributed by atoms with Gasteiger partial charge in [-0.2, -0.15) is 0 Å². The van der Waals surface area contributed by atoms with Crippen molar-refractivity contribution in [3.05, 3.63) is 0 Å². The minimum absolute atomic E-state index is 0.0365. The molecule has 0 aliphatic carbocycles. The summed E-state index contributed by atoms with van der Waals surface area (Å²) < 4.78 is 0. The second-order valence-electron chi connectivity index (χ2n) is 2.04. The van der Waals surface area contributed by atoms with Crippen LogP contribution in [0.1, 0.15) is 0 Å². The van der Waals surface area contributed by atoms with Crippen molar-refractivity contribution in [3.8, 4) is 0 Å². The highest BCUT2D eigenvalue weighted by Gasteiger charge is 2.09. The molecule has 2 amide bonds. The number of halogens is 1. The maximum absolute atomic E-state index is 10.8. The van der Waals surface area contributed by atoms with Crippen LogP contribution in [0.25, 0.3) is 0 Å². The number of hydrogen-bond acceptors (Lipinski definition) is 3. The summed E-state index contributed by atoms with van der Waals surface area (Å²) in [6.45, 7) is 0.181. The highest BCUT2D eigenvalue weighted by atomic mass is 79.9. The Kier molecular flexibility index (Phi) is 5.86. The number of Topliss-reactive ketones (excluding diaryl/α,β-unsaturated/α-hetero) is 1. The highest BCUT2D eigenvalue weighted by Crippen LogP contribution is 1.81. The molecule has 0 fully saturated rings. The number of alkyl halides is 1. The molecule has 0 aromatic rings. The average molecular weight is 253 g/mol. The van der Waals surface area contributed by atoms with E-state index < -0.39 is 17.8 Å². The van der Waals surface area contributed by atoms with E-state index in [2.05, 4.69) is 21.2 Å². The molecule has 0 bridgehead atoms. The van der Waals surface area contributed by atoms with Crippen LogP contribution in [0.4, 0.5) is 4.79 Å². The summed E-state index contributed by atoms with van der Waals surface area (Å²) in [6, 6.07) is 0. The molecule has 0 spiro atoms. The van der Waals surface area contributed by atoms with Gasteiger partial charge in [-0.15, -0.1) is 0 Å². The Morgan fingerprint density at radius 1 is 1.15 bits per heavy atom. The molecule has 0 aliphatic heterocycles. The van der Waals surface area contributed by atoms with Crippen molar-refractivity contribution in [1.82, 2.24) is 10.6 Å². The predicted molar refractivity (Wildman–Crippen MR) is 47.8 cm³/mol. The molecule has 0 heterocycles. The first-order valence-corrected chi connectivity index (χ1v) is 4.54. The van der Waals surface area contributed by atoms with Gasteiger partial charge < -0.3 is 15.7 Å². The summed E-state index contributed by atoms with van der Waals surface area (Å²) in [5.74, 6) is -1.31. The molecule has 0 unspecified atom stereocenters. The first-order chi connectivity index (χ1) is 6.07. The lowest BCUT2D eigenvalue weighted by molar-refractivity contribution is -0.136. The van der Waals surface area contributed by atoms with Crippen LogP contribution in [-0.2, 0) is 9.59 Å². The molecule has 0 rings (SSSR count). The third kappa shape index (κ3) is 6.09. The van der Waals surface area contributed by atoms with Crippen molar-refractivity contribution in [1.29, 1.82) is 0 Å². The number of ketones is 1. The Balaban J connectivity index is 3.48. The van der Waals surface area contributed by atoms with E-state index in [0.29, 0.717) is 0 Å². The Morgan fingerprint density at radius 3 is 2.15 bits per heavy atom. The molecule has 0 saturated heterocycles. The van der Waals surface area contributed by atoms with Gasteiger partial charge in [-0.3, -0.25) is 9.59 Å². The van der Waals surface area contributed by atoms with Crippen molar-refractivity contribution >= 4 is 33.7 Å². The van der Waals surface area contributed by atoms with Gasteiger partial charge in [0.15, 0.2) is 0 Å². The van der Waals surface area contributed by atoms with E-state index in [1.165, 1.54) is 0 Å². The monoisotopic (exact) mass is 252 g/mol. The number of hydrogen-bond donors (Lipinski definition) is 3. The summed E-state index contributed by atoms with van der Waals surface area (Å²) in [5.41, 5.74) is 0. The van der Waals surface area contributed by atoms with Gasteiger partial charge >= 0.3 is 6.09 Å². The Hall–Kier alpha value is -1.11. The maximum Gasteiger partial charge on any atom is 0.404 e. The van der Waals surface area contributed by atoms with E-state index in [1.807, 2.05) is 5.32 Å². The minimum Gasteiger partial charge on any atom is -0.465 e. The lowest BCUT2D eigenvalue weighted by atomic mass is 10.4. The average Bonchev–Trinajstić information content (AvgIpc) is 2.10. The third-order valence-corrected chi connectivity index (χ3v) is 1.57. The number of carbonyl (C=O) groups is 3. The zero-order valence-corrected chi connectivity index (χ0v) is 8.26. The van der Waals surface area contributed by atoms with E-state index in [-0.39, 0.29) is 18.4 Å². The fourth-order valence-electron chi connectivity index (χ4n) is 0.505. The van der Waals surface area contributed by atoms with Crippen LogP contribution < -0.4 is 10.6 Å². The standard InChI is InChI=1S/C6H9BrN2O4/c7-3-4(10)5(11)8-1-2-9-6(12)13/h9H,1-3H2,(H,8,11)(H,12,13). The van der Waals surface area contributed by atoms with Crippen molar-refractivity contribution in [2.75, 3.05) is 18.4 Å². The van der Waals surface area contributed by atoms with Crippen LogP contribution in [0, 0.1) is 0 Å². The second-order valence-corrected chi connectivity index (χ2v) is 2.61. The maximum atomic E-state index is 10.8. The van der Waals surface area contributed by atoms with Gasteiger partial charge in [0.1, 0.15) is 0 Å². The zero-order chi connectivity index (χ0) is 10.3. The number of nitrogens with one attached hydrogen (secondary N) is 2. The highest BCUT2D eigenvalue weighted by molar-refractivity contribution is 9.09. The third-order valence-electron chi connectivity index (χ3n) is 1.06. The molecule has 13 heavy (non-hydrogen) atoms. The number of amides is 2. The van der Waals surface area contributed by atoms with Crippen LogP contribution >= 0.6 is 15.9 Å². The second kappa shape index (κ2) is 6.41. The minimum atomic E-state index is -1.17. The zero-order valence-electron chi connectivity index (χ0n) is 6.67. The van der Waals surface area contributed by atoms with Crippen LogP contribution in [0.5, 0.6) is 0 Å². The van der Waals surface area contributed by atoms with E-state index in [9.17, 15) is 14.4 Å². The molecule has 0 aromatic heterocycles. The predicted octanol–water partition coefficient (Wildman–Crippen LogP) is -0.666. The molecule has 0 atom stereocenters. The lowest BCUT2D eigenvalue weighted by Crippen LogP contribution is -2.37. The summed E-state index contributed by atoms with van der Waals surface area (Å²) in [6.07, 6.45) is -1.17. The van der Waals surface area contributed by atoms with Crippen molar-refractivity contribution in [3.63, 3.8) is 0 Å². The molecule has 0 radical (unpaired) electrons. The van der Waals surface area contributed by atoms with Crippen molar-refractivity contribution < 1.29 is 19.5 Å². The van der Waals surface area contributed by atoms with Gasteiger partial charge in [0.2, 0.25) is 5.78 Å². The first kappa shape index (κ1) is 11.9. The van der Waals surface area contributed by atoms with Crippen LogP contribution in [-0.4, -0.2) is 41.3 Å². The molecule has 0 aliphatic rings. The Morgan fingerprint density at radius 2 is 1.69 bits per heavy atom. The molecule has 0 saturated carbocycles. The van der Waals surface area contributed by atoms with Gasteiger partial charge in [0, 0.05) is 13.1 Å². The van der Waals surface area contributed by atoms with E-state index in [4.69, 9.17) is 5.11 Å². The number of rotatable bonds is 5. The fourth-order valence-corrected chi connectivity index (χ4v) is 0.759. The fraction of sp³-hybridized carbons (Fsp3) is 0.500. The molecule has 0 aromatic carbocycles. The molecule has 3 N–H and O–H groups in total. The van der Waals surface area contributed by atoms with Crippen molar-refractivity contribution in [2.24, 2.45) is 0 Å². The summed E-state index contributed by atoms with van der Waals surface area (Å²) in [5, 5.41) is 12.4. The quantitative estimate of drug-likeness (QED) is 0.344. The van der Waals surface area contributed by atoms with Crippen molar-refractivity contribution in [2.45, 2.75) is 0 Å². The number of carbonyl (C=O) groups excluding carboxylic acids is 2. The van der Waals surface area contributed by atoms with E-state index >= 15 is 0 Å². The van der Waals surface area contributed by atoms with Crippen LogP contribution in [0.2, 0.25) is 0 Å². The van der Waals surface area contributed by atoms with Gasteiger partial charge in [-0.1, -0.05) is 15.9 Å². The summed E-state index contributed by atoms with van der Waals surface area (Å²) in [7, 11) is 0. The van der Waals surface area contributed by atoms with Gasteiger partial charge in [-0.05, 0) is 0 Å². The normalized spacial score (nSPS) is 9.00. The lowest BCUT2D eigenvalue weighted by Gasteiger charge is -2.02. The first-order valence-electron chi connectivity index (χ1n) is 3.41. The SMILES string of the molecule is O=C(O)NCCNC(=O)C(=O)CBr. The largest absolute Gasteiger partial charge is 0.465 e. The molecular formula is C6H9BrN2O4. The van der Waals surface area contributed by atoms with E-state index in [1.54, 1.807) is 0 Å². The number of carboxylic acid groups (broad SMARTS) is 1. The Labute approximate surface area is 82.8 Å². The molecule has 74 valence electrons. The molecule has 7 heteroatoms. The summed E-state index contributed by atoms with van der Waals surface area (Å²) >= 11 is 2.83. The van der Waals surface area contributed by atoms with E-state index in [0.717, 1.165) is 0 Å². The topological polar surface area (TPSA) is 95.5 Å². The van der Waals surface area contributed by atoms with Crippen LogP contribution in [0.3, 0.4) is 0 Å².